The summed E-state index contributed by atoms with van der Waals surface area (Å²) in [5.41, 5.74) is -1.13. The number of ether oxygens (including phenoxy) is 3. The maximum Gasteiger partial charge on any atom is 0.329 e. The molecular weight excluding hydrogens is 562 g/mol. The first-order valence-corrected chi connectivity index (χ1v) is 14.8. The summed E-state index contributed by atoms with van der Waals surface area (Å²) in [6.07, 6.45) is 1.58. The van der Waals surface area contributed by atoms with Gasteiger partial charge >= 0.3 is 23.9 Å². The van der Waals surface area contributed by atoms with Crippen LogP contribution in [-0.4, -0.2) is 59.4 Å². The number of carbonyl (C=O) groups excluding carboxylic acids is 4. The van der Waals surface area contributed by atoms with Crippen LogP contribution in [0.4, 0.5) is 4.79 Å². The molecule has 0 heterocycles. The topological polar surface area (TPSA) is 132 Å². The van der Waals surface area contributed by atoms with Crippen LogP contribution in [-0.2, 0) is 35.1 Å². The molecule has 2 amide bonds. The number of carbonyl (C=O) groups is 4. The zero-order valence-corrected chi connectivity index (χ0v) is 27.4. The molecule has 1 aromatic rings. The number of esters is 3. The second-order valence-corrected chi connectivity index (χ2v) is 13.7. The van der Waals surface area contributed by atoms with E-state index in [1.807, 2.05) is 24.3 Å². The third-order valence-corrected chi connectivity index (χ3v) is 5.64. The van der Waals surface area contributed by atoms with Gasteiger partial charge < -0.3 is 30.2 Å². The summed E-state index contributed by atoms with van der Waals surface area (Å²) in [4.78, 5) is 51.1. The Balaban J connectivity index is 2.80. The number of rotatable bonds is 14. The average molecular weight is 612 g/mol. The second-order valence-electron chi connectivity index (χ2n) is 13.2. The number of hydrogen-bond acceptors (Lipinski definition) is 8. The second kappa shape index (κ2) is 16.7. The molecule has 0 saturated heterocycles. The summed E-state index contributed by atoms with van der Waals surface area (Å²) in [7, 11) is 0. The third kappa shape index (κ3) is 17.9. The normalized spacial score (nSPS) is 13.5. The zero-order chi connectivity index (χ0) is 32.1. The number of benzene rings is 1. The Kier molecular flexibility index (Phi) is 14.8. The first-order valence-electron chi connectivity index (χ1n) is 14.4. The number of amides is 2. The molecule has 0 radical (unpaired) electrons. The van der Waals surface area contributed by atoms with E-state index in [-0.39, 0.29) is 12.8 Å². The Hall–Kier alpha value is -2.85. The molecule has 10 nitrogen and oxygen atoms in total. The van der Waals surface area contributed by atoms with Gasteiger partial charge in [-0.3, -0.25) is 4.79 Å². The van der Waals surface area contributed by atoms with E-state index in [2.05, 4.69) is 16.0 Å². The highest BCUT2D eigenvalue weighted by molar-refractivity contribution is 6.30. The van der Waals surface area contributed by atoms with E-state index in [0.717, 1.165) is 12.0 Å². The third-order valence-electron chi connectivity index (χ3n) is 5.39. The largest absolute Gasteiger partial charge is 0.460 e. The number of hydrogen-bond donors (Lipinski definition) is 3. The van der Waals surface area contributed by atoms with Crippen molar-refractivity contribution in [2.75, 3.05) is 6.54 Å². The summed E-state index contributed by atoms with van der Waals surface area (Å²) < 4.78 is 16.3. The maximum absolute atomic E-state index is 13.0. The predicted octanol–water partition coefficient (Wildman–Crippen LogP) is 5.44. The summed E-state index contributed by atoms with van der Waals surface area (Å²) in [6.45, 7) is 17.0. The van der Waals surface area contributed by atoms with Gasteiger partial charge in [-0.15, -0.1) is 0 Å². The predicted molar refractivity (Wildman–Crippen MR) is 163 cm³/mol. The van der Waals surface area contributed by atoms with Crippen LogP contribution in [0.2, 0.25) is 5.02 Å². The highest BCUT2D eigenvalue weighted by atomic mass is 35.5. The van der Waals surface area contributed by atoms with Crippen LogP contribution in [0.25, 0.3) is 0 Å². The van der Waals surface area contributed by atoms with Gasteiger partial charge in [0.25, 0.3) is 0 Å². The van der Waals surface area contributed by atoms with E-state index in [0.29, 0.717) is 31.0 Å². The van der Waals surface area contributed by atoms with Gasteiger partial charge in [-0.05, 0) is 112 Å². The lowest BCUT2D eigenvalue weighted by Gasteiger charge is -2.27. The Morgan fingerprint density at radius 2 is 1.19 bits per heavy atom. The van der Waals surface area contributed by atoms with Crippen molar-refractivity contribution in [2.45, 2.75) is 130 Å². The monoisotopic (exact) mass is 611 g/mol. The first kappa shape index (κ1) is 37.2. The zero-order valence-electron chi connectivity index (χ0n) is 26.6. The summed E-state index contributed by atoms with van der Waals surface area (Å²) >= 11 is 5.93. The van der Waals surface area contributed by atoms with Gasteiger partial charge in [-0.25, -0.2) is 14.4 Å². The van der Waals surface area contributed by atoms with Crippen LogP contribution in [0.15, 0.2) is 24.3 Å². The molecular formula is C31H50ClN3O7. The number of unbranched alkanes of at least 4 members (excludes halogenated alkanes) is 1. The van der Waals surface area contributed by atoms with E-state index >= 15 is 0 Å². The molecule has 11 heteroatoms. The van der Waals surface area contributed by atoms with Crippen molar-refractivity contribution in [3.05, 3.63) is 34.9 Å². The minimum absolute atomic E-state index is 0.0341. The molecule has 0 aromatic heterocycles. The summed E-state index contributed by atoms with van der Waals surface area (Å²) in [5.74, 6) is -1.77. The van der Waals surface area contributed by atoms with Crippen molar-refractivity contribution in [3.8, 4) is 0 Å². The molecule has 0 aliphatic carbocycles. The van der Waals surface area contributed by atoms with Crippen LogP contribution >= 0.6 is 11.6 Å². The fourth-order valence-corrected chi connectivity index (χ4v) is 3.82. The standard InChI is InChI=1S/C31H50ClN3O7/c1-29(2,3)40-25(36)18-17-24(27(38)42-31(7,8)9)35-28(39)34-23(26(37)41-30(4,5)6)12-10-11-19-33-20-21-13-15-22(32)16-14-21/h13-16,23-24,33H,10-12,17-20H2,1-9H3,(H2,34,35,39)/t23-,24-/m0/s1. The molecule has 0 saturated carbocycles. The molecule has 42 heavy (non-hydrogen) atoms. The van der Waals surface area contributed by atoms with Gasteiger partial charge in [0.2, 0.25) is 0 Å². The SMILES string of the molecule is CC(C)(C)OC(=O)CC[C@H](NC(=O)N[C@@H](CCCCNCc1ccc(Cl)cc1)C(=O)OC(C)(C)C)C(=O)OC(C)(C)C. The van der Waals surface area contributed by atoms with Gasteiger partial charge in [-0.1, -0.05) is 23.7 Å². The number of nitrogens with one attached hydrogen (secondary N) is 3. The Morgan fingerprint density at radius 1 is 0.714 bits per heavy atom. The minimum Gasteiger partial charge on any atom is -0.460 e. The Morgan fingerprint density at radius 3 is 1.67 bits per heavy atom. The van der Waals surface area contributed by atoms with Crippen molar-refractivity contribution < 1.29 is 33.4 Å². The van der Waals surface area contributed by atoms with Crippen LogP contribution in [0.1, 0.15) is 100.0 Å². The summed E-state index contributed by atoms with van der Waals surface area (Å²) in [5, 5.41) is 9.26. The fraction of sp³-hybridized carbons (Fsp3) is 0.677. The molecule has 0 aliphatic rings. The quantitative estimate of drug-likeness (QED) is 0.144. The van der Waals surface area contributed by atoms with Crippen molar-refractivity contribution >= 4 is 35.5 Å². The van der Waals surface area contributed by atoms with E-state index in [1.54, 1.807) is 62.3 Å². The molecule has 3 N–H and O–H groups in total. The molecule has 1 aromatic carbocycles. The molecule has 238 valence electrons. The van der Waals surface area contributed by atoms with Gasteiger partial charge in [0.15, 0.2) is 0 Å². The van der Waals surface area contributed by atoms with Gasteiger partial charge in [0.05, 0.1) is 0 Å². The average Bonchev–Trinajstić information content (AvgIpc) is 2.80. The Labute approximate surface area is 255 Å². The molecule has 2 atom stereocenters. The molecule has 0 fully saturated rings. The molecule has 0 unspecified atom stereocenters. The first-order chi connectivity index (χ1) is 19.2. The van der Waals surface area contributed by atoms with E-state index in [1.165, 1.54) is 0 Å². The van der Waals surface area contributed by atoms with E-state index in [9.17, 15) is 19.2 Å². The van der Waals surface area contributed by atoms with Crippen molar-refractivity contribution in [1.29, 1.82) is 0 Å². The fourth-order valence-electron chi connectivity index (χ4n) is 3.69. The van der Waals surface area contributed by atoms with Crippen LogP contribution < -0.4 is 16.0 Å². The lowest BCUT2D eigenvalue weighted by Crippen LogP contribution is -2.53. The minimum atomic E-state index is -1.13. The van der Waals surface area contributed by atoms with Crippen molar-refractivity contribution in [3.63, 3.8) is 0 Å². The van der Waals surface area contributed by atoms with Crippen molar-refractivity contribution in [1.82, 2.24) is 16.0 Å². The van der Waals surface area contributed by atoms with Gasteiger partial charge in [-0.2, -0.15) is 0 Å². The number of urea groups is 1. The highest BCUT2D eigenvalue weighted by Gasteiger charge is 2.31. The van der Waals surface area contributed by atoms with E-state index < -0.39 is 52.8 Å². The maximum atomic E-state index is 13.0. The van der Waals surface area contributed by atoms with Crippen LogP contribution in [0, 0.1) is 0 Å². The number of halogens is 1. The molecule has 0 bridgehead atoms. The van der Waals surface area contributed by atoms with E-state index in [4.69, 9.17) is 25.8 Å². The smallest absolute Gasteiger partial charge is 0.329 e. The van der Waals surface area contributed by atoms with Crippen LogP contribution in [0.5, 0.6) is 0 Å². The van der Waals surface area contributed by atoms with Gasteiger partial charge in [0, 0.05) is 18.0 Å². The Bertz CT molecular complexity index is 1020. The molecule has 0 spiro atoms. The summed E-state index contributed by atoms with van der Waals surface area (Å²) in [6, 6.07) is 4.77. The molecule has 1 rings (SSSR count). The van der Waals surface area contributed by atoms with Crippen LogP contribution in [0.3, 0.4) is 0 Å². The highest BCUT2D eigenvalue weighted by Crippen LogP contribution is 2.15. The lowest BCUT2D eigenvalue weighted by atomic mass is 10.1. The lowest BCUT2D eigenvalue weighted by molar-refractivity contribution is -0.159. The molecule has 0 aliphatic heterocycles. The van der Waals surface area contributed by atoms with Gasteiger partial charge in [0.1, 0.15) is 28.9 Å². The van der Waals surface area contributed by atoms with Crippen molar-refractivity contribution in [2.24, 2.45) is 0 Å².